The number of nitrogens with one attached hydrogen (secondary N) is 1. The molecule has 4 nitrogen and oxygen atoms in total. The fourth-order valence-electron chi connectivity index (χ4n) is 2.87. The summed E-state index contributed by atoms with van der Waals surface area (Å²) in [6, 6.07) is -0.433. The van der Waals surface area contributed by atoms with E-state index in [1.54, 1.807) is 0 Å². The number of ether oxygens (including phenoxy) is 1. The van der Waals surface area contributed by atoms with Crippen molar-refractivity contribution in [1.82, 2.24) is 5.32 Å². The highest BCUT2D eigenvalue weighted by Gasteiger charge is 2.55. The quantitative estimate of drug-likeness (QED) is 0.749. The van der Waals surface area contributed by atoms with Crippen LogP contribution in [0.4, 0.5) is 0 Å². The lowest BCUT2D eigenvalue weighted by Crippen LogP contribution is -2.56. The van der Waals surface area contributed by atoms with E-state index in [4.69, 9.17) is 4.74 Å². The molecule has 0 aromatic rings. The second-order valence-electron chi connectivity index (χ2n) is 6.24. The molecule has 19 heavy (non-hydrogen) atoms. The van der Waals surface area contributed by atoms with Crippen LogP contribution in [0.5, 0.6) is 0 Å². The van der Waals surface area contributed by atoms with Gasteiger partial charge in [0.2, 0.25) is 5.91 Å². The van der Waals surface area contributed by atoms with E-state index in [0.717, 1.165) is 6.42 Å². The minimum absolute atomic E-state index is 0.149. The Morgan fingerprint density at radius 2 is 2.05 bits per heavy atom. The van der Waals surface area contributed by atoms with Gasteiger partial charge in [0.25, 0.3) is 0 Å². The second kappa shape index (κ2) is 6.06. The smallest absolute Gasteiger partial charge is 0.217 e. The predicted octanol–water partition coefficient (Wildman–Crippen LogP) is 1.88. The van der Waals surface area contributed by atoms with E-state index in [-0.39, 0.29) is 24.0 Å². The van der Waals surface area contributed by atoms with Crippen molar-refractivity contribution >= 4 is 5.91 Å². The Balaban J connectivity index is 3.06. The highest BCUT2D eigenvalue weighted by atomic mass is 16.5. The van der Waals surface area contributed by atoms with E-state index in [2.05, 4.69) is 25.7 Å². The van der Waals surface area contributed by atoms with Crippen molar-refractivity contribution in [2.75, 3.05) is 0 Å². The number of carbonyl (C=O) groups is 1. The van der Waals surface area contributed by atoms with Crippen molar-refractivity contribution in [2.45, 2.75) is 64.9 Å². The lowest BCUT2D eigenvalue weighted by Gasteiger charge is -2.33. The third-order valence-electron chi connectivity index (χ3n) is 3.64. The third kappa shape index (κ3) is 3.37. The molecule has 1 amide bonds. The molecule has 0 saturated carbocycles. The molecule has 1 aliphatic heterocycles. The molecule has 110 valence electrons. The fourth-order valence-corrected chi connectivity index (χ4v) is 2.87. The van der Waals surface area contributed by atoms with Gasteiger partial charge in [-0.15, -0.1) is 6.58 Å². The van der Waals surface area contributed by atoms with Crippen molar-refractivity contribution in [3.05, 3.63) is 12.7 Å². The fraction of sp³-hybridized carbons (Fsp3) is 0.800. The SMILES string of the molecule is C=C[C@]1(O)[C@H](C(C)C)O[C@H](CC(C)C)[C@@H]1NC(C)=O. The van der Waals surface area contributed by atoms with Gasteiger partial charge in [0.1, 0.15) is 5.60 Å². The molecule has 0 aliphatic carbocycles. The zero-order valence-electron chi connectivity index (χ0n) is 12.6. The van der Waals surface area contributed by atoms with Crippen LogP contribution >= 0.6 is 0 Å². The molecular weight excluding hydrogens is 242 g/mol. The number of amides is 1. The lowest BCUT2D eigenvalue weighted by molar-refractivity contribution is -0.121. The molecular formula is C15H27NO3. The highest BCUT2D eigenvalue weighted by Crippen LogP contribution is 2.38. The van der Waals surface area contributed by atoms with Gasteiger partial charge in [-0.1, -0.05) is 33.8 Å². The molecule has 1 rings (SSSR count). The minimum Gasteiger partial charge on any atom is -0.381 e. The third-order valence-corrected chi connectivity index (χ3v) is 3.64. The van der Waals surface area contributed by atoms with E-state index in [1.807, 2.05) is 13.8 Å². The maximum Gasteiger partial charge on any atom is 0.217 e. The summed E-state index contributed by atoms with van der Waals surface area (Å²) in [4.78, 5) is 11.4. The summed E-state index contributed by atoms with van der Waals surface area (Å²) < 4.78 is 6.02. The first-order chi connectivity index (χ1) is 8.72. The molecule has 4 heteroatoms. The molecule has 0 spiro atoms. The van der Waals surface area contributed by atoms with Crippen LogP contribution in [-0.4, -0.2) is 34.9 Å². The monoisotopic (exact) mass is 269 g/mol. The maximum atomic E-state index is 11.4. The van der Waals surface area contributed by atoms with E-state index < -0.39 is 11.6 Å². The van der Waals surface area contributed by atoms with Gasteiger partial charge < -0.3 is 15.2 Å². The molecule has 0 aromatic carbocycles. The summed E-state index contributed by atoms with van der Waals surface area (Å²) in [7, 11) is 0. The molecule has 4 atom stereocenters. The topological polar surface area (TPSA) is 58.6 Å². The summed E-state index contributed by atoms with van der Waals surface area (Å²) in [6.45, 7) is 13.4. The van der Waals surface area contributed by atoms with Crippen LogP contribution in [0.3, 0.4) is 0 Å². The molecule has 0 radical (unpaired) electrons. The van der Waals surface area contributed by atoms with Gasteiger partial charge in [-0.25, -0.2) is 0 Å². The zero-order chi connectivity index (χ0) is 14.8. The Morgan fingerprint density at radius 1 is 1.47 bits per heavy atom. The summed E-state index contributed by atoms with van der Waals surface area (Å²) in [6.07, 6.45) is 1.79. The Morgan fingerprint density at radius 3 is 2.42 bits per heavy atom. The van der Waals surface area contributed by atoms with Crippen molar-refractivity contribution in [3.8, 4) is 0 Å². The predicted molar refractivity (Wildman–Crippen MR) is 75.7 cm³/mol. The molecule has 0 aromatic heterocycles. The number of carbonyl (C=O) groups excluding carboxylic acids is 1. The van der Waals surface area contributed by atoms with Gasteiger partial charge in [-0.05, 0) is 18.3 Å². The van der Waals surface area contributed by atoms with Gasteiger partial charge in [0.05, 0.1) is 18.2 Å². The second-order valence-corrected chi connectivity index (χ2v) is 6.24. The van der Waals surface area contributed by atoms with Gasteiger partial charge in [0.15, 0.2) is 0 Å². The highest BCUT2D eigenvalue weighted by molar-refractivity contribution is 5.73. The van der Waals surface area contributed by atoms with E-state index in [9.17, 15) is 9.90 Å². The average Bonchev–Trinajstić information content (AvgIpc) is 2.53. The lowest BCUT2D eigenvalue weighted by atomic mass is 9.82. The zero-order valence-corrected chi connectivity index (χ0v) is 12.6. The van der Waals surface area contributed by atoms with Crippen molar-refractivity contribution < 1.29 is 14.6 Å². The first-order valence-electron chi connectivity index (χ1n) is 7.00. The number of rotatable bonds is 5. The Kier molecular flexibility index (Phi) is 5.16. The van der Waals surface area contributed by atoms with Crippen molar-refractivity contribution in [1.29, 1.82) is 0 Å². The van der Waals surface area contributed by atoms with E-state index >= 15 is 0 Å². The first-order valence-corrected chi connectivity index (χ1v) is 7.00. The van der Waals surface area contributed by atoms with Crippen molar-refractivity contribution in [3.63, 3.8) is 0 Å². The van der Waals surface area contributed by atoms with Crippen LogP contribution in [0.2, 0.25) is 0 Å². The summed E-state index contributed by atoms with van der Waals surface area (Å²) in [5.41, 5.74) is -1.21. The van der Waals surface area contributed by atoms with Crippen LogP contribution in [0.25, 0.3) is 0 Å². The van der Waals surface area contributed by atoms with Crippen LogP contribution < -0.4 is 5.32 Å². The Bertz CT molecular complexity index is 340. The van der Waals surface area contributed by atoms with Crippen LogP contribution in [-0.2, 0) is 9.53 Å². The van der Waals surface area contributed by atoms with Gasteiger partial charge in [0, 0.05) is 6.92 Å². The largest absolute Gasteiger partial charge is 0.381 e. The van der Waals surface area contributed by atoms with Gasteiger partial charge >= 0.3 is 0 Å². The summed E-state index contributed by atoms with van der Waals surface area (Å²) >= 11 is 0. The normalized spacial score (nSPS) is 34.8. The number of hydrogen-bond donors (Lipinski definition) is 2. The minimum atomic E-state index is -1.21. The van der Waals surface area contributed by atoms with Crippen LogP contribution in [0.1, 0.15) is 41.0 Å². The number of aliphatic hydroxyl groups is 1. The van der Waals surface area contributed by atoms with E-state index in [0.29, 0.717) is 5.92 Å². The summed E-state index contributed by atoms with van der Waals surface area (Å²) in [5, 5.41) is 13.7. The first kappa shape index (κ1) is 16.2. The molecule has 0 bridgehead atoms. The van der Waals surface area contributed by atoms with Crippen molar-refractivity contribution in [2.24, 2.45) is 11.8 Å². The maximum absolute atomic E-state index is 11.4. The molecule has 1 saturated heterocycles. The van der Waals surface area contributed by atoms with Crippen LogP contribution in [0, 0.1) is 11.8 Å². The average molecular weight is 269 g/mol. The van der Waals surface area contributed by atoms with Gasteiger partial charge in [-0.2, -0.15) is 0 Å². The molecule has 0 unspecified atom stereocenters. The standard InChI is InChI=1S/C15H27NO3/c1-7-15(18)13(16-11(6)17)12(8-9(2)3)19-14(15)10(4)5/h7,9-10,12-14,18H,1,8H2,2-6H3,(H,16,17)/t12-,13+,14+,15-/m1/s1. The molecule has 2 N–H and O–H groups in total. The molecule has 1 aliphatic rings. The number of hydrogen-bond acceptors (Lipinski definition) is 3. The van der Waals surface area contributed by atoms with Crippen LogP contribution in [0.15, 0.2) is 12.7 Å². The summed E-state index contributed by atoms with van der Waals surface area (Å²) in [5.74, 6) is 0.421. The van der Waals surface area contributed by atoms with Gasteiger partial charge in [-0.3, -0.25) is 4.79 Å². The molecule has 1 heterocycles. The Labute approximate surface area is 116 Å². The Hall–Kier alpha value is -0.870. The van der Waals surface area contributed by atoms with E-state index in [1.165, 1.54) is 13.0 Å². The molecule has 1 fully saturated rings.